The number of hydrogen-bond donors (Lipinski definition) is 2. The number of aryl methyl sites for hydroxylation is 1. The minimum absolute atomic E-state index is 0. The maximum atomic E-state index is 12.3. The van der Waals surface area contributed by atoms with E-state index < -0.39 is 26.4 Å². The number of benzene rings is 5. The van der Waals surface area contributed by atoms with Gasteiger partial charge in [0, 0.05) is 27.9 Å². The Kier molecular flexibility index (Phi) is 17.2. The fourth-order valence-corrected chi connectivity index (χ4v) is 6.18. The second-order valence-electron chi connectivity index (χ2n) is 9.49. The molecule has 0 aromatic heterocycles. The van der Waals surface area contributed by atoms with Crippen LogP contribution in [0, 0.1) is 6.92 Å². The topological polar surface area (TPSA) is 253 Å². The number of phenolic OH excluding ortho intramolecular Hbond substituents is 1. The standard InChI is InChI=1S/C28H23N5O11S3.3Na/c1-14-10-22(32-33-26-25(45-44-43-35)12-15-11-16(29)6-7-17(15)27(26)34)24(41-2)13-21(14)31-30-20-9-8-18-19(28(20)47(38,39)40)4-3-5-23(18)42-46(36)37;;;/h3-13,34-35H,29H2,1-2H3,(H,36,37)(H,38,39,40);;;/q;3*+1/p-3. The molecule has 1 atom stereocenters. The Hall–Kier alpha value is -1.73. The second-order valence-corrected chi connectivity index (χ2v) is 12.1. The minimum atomic E-state index is -5.13. The number of aromatic hydroxyl groups is 1. The smallest absolute Gasteiger partial charge is 0.744 e. The number of nitrogen functional groups attached to an aromatic ring is 1. The number of rotatable bonds is 11. The Labute approximate surface area is 358 Å². The number of nitrogens with two attached hydrogens (primary N) is 1. The van der Waals surface area contributed by atoms with Gasteiger partial charge in [0.15, 0.2) is 5.75 Å². The molecule has 0 saturated heterocycles. The second kappa shape index (κ2) is 19.4. The normalized spacial score (nSPS) is 12.0. The van der Waals surface area contributed by atoms with Gasteiger partial charge in [-0.05, 0) is 66.4 Å². The molecule has 0 aliphatic heterocycles. The monoisotopic (exact) mass is 767 g/mol. The third kappa shape index (κ3) is 10.2. The van der Waals surface area contributed by atoms with Crippen molar-refractivity contribution in [3.63, 3.8) is 0 Å². The first-order valence-corrected chi connectivity index (χ1v) is 16.1. The molecule has 5 aromatic carbocycles. The molecule has 50 heavy (non-hydrogen) atoms. The summed E-state index contributed by atoms with van der Waals surface area (Å²) in [5, 5.41) is 42.3. The predicted molar refractivity (Wildman–Crippen MR) is 166 cm³/mol. The minimum Gasteiger partial charge on any atom is -0.744 e. The van der Waals surface area contributed by atoms with Gasteiger partial charge in [0.2, 0.25) is 0 Å². The summed E-state index contributed by atoms with van der Waals surface area (Å²) in [7, 11) is -3.78. The van der Waals surface area contributed by atoms with Crippen LogP contribution in [0.4, 0.5) is 28.4 Å². The molecule has 244 valence electrons. The van der Waals surface area contributed by atoms with E-state index >= 15 is 0 Å². The molecule has 0 fully saturated rings. The number of nitrogens with zero attached hydrogens (tertiary/aromatic N) is 4. The number of azo groups is 2. The average Bonchev–Trinajstić information content (AvgIpc) is 3.01. The van der Waals surface area contributed by atoms with Crippen LogP contribution < -0.4 is 109 Å². The molecule has 0 spiro atoms. The van der Waals surface area contributed by atoms with E-state index in [1.165, 1.54) is 49.6 Å². The van der Waals surface area contributed by atoms with E-state index in [1.54, 1.807) is 31.2 Å². The summed E-state index contributed by atoms with van der Waals surface area (Å²) < 4.78 is 73.6. The summed E-state index contributed by atoms with van der Waals surface area (Å²) in [4.78, 5) is -0.547. The van der Waals surface area contributed by atoms with Crippen LogP contribution in [0.3, 0.4) is 0 Å². The van der Waals surface area contributed by atoms with Crippen LogP contribution in [-0.2, 0) is 30.9 Å². The summed E-state index contributed by atoms with van der Waals surface area (Å²) in [5.41, 5.74) is 6.79. The van der Waals surface area contributed by atoms with Crippen LogP contribution in [0.2, 0.25) is 0 Å². The molecule has 0 saturated carbocycles. The van der Waals surface area contributed by atoms with Crippen molar-refractivity contribution in [3.05, 3.63) is 72.3 Å². The third-order valence-electron chi connectivity index (χ3n) is 6.61. The molecule has 5 aromatic rings. The van der Waals surface area contributed by atoms with Crippen LogP contribution in [-0.4, -0.2) is 33.9 Å². The fraction of sp³-hybridized carbons (Fsp3) is 0.0714. The van der Waals surface area contributed by atoms with Gasteiger partial charge < -0.3 is 34.1 Å². The molecule has 0 bridgehead atoms. The quantitative estimate of drug-likeness (QED) is 0.0196. The van der Waals surface area contributed by atoms with Gasteiger partial charge in [-0.1, -0.05) is 12.1 Å². The molecule has 0 aliphatic carbocycles. The molecule has 0 radical (unpaired) electrons. The summed E-state index contributed by atoms with van der Waals surface area (Å²) in [6.45, 7) is 1.64. The first-order chi connectivity index (χ1) is 22.4. The van der Waals surface area contributed by atoms with E-state index in [0.29, 0.717) is 34.1 Å². The molecule has 3 N–H and O–H groups in total. The van der Waals surface area contributed by atoms with Crippen molar-refractivity contribution in [2.75, 3.05) is 12.8 Å². The van der Waals surface area contributed by atoms with Gasteiger partial charge in [-0.2, -0.15) is 9.45 Å². The molecule has 16 nitrogen and oxygen atoms in total. The summed E-state index contributed by atoms with van der Waals surface area (Å²) >= 11 is -2.45. The van der Waals surface area contributed by atoms with E-state index in [4.69, 9.17) is 14.7 Å². The van der Waals surface area contributed by atoms with E-state index in [1.807, 2.05) is 0 Å². The number of hydrogen-bond acceptors (Lipinski definition) is 17. The van der Waals surface area contributed by atoms with Crippen molar-refractivity contribution in [3.8, 4) is 17.2 Å². The van der Waals surface area contributed by atoms with Crippen LogP contribution in [0.5, 0.6) is 17.2 Å². The van der Waals surface area contributed by atoms with Crippen molar-refractivity contribution >= 4 is 83.5 Å². The van der Waals surface area contributed by atoms with Crippen LogP contribution in [0.25, 0.3) is 21.5 Å². The van der Waals surface area contributed by atoms with Gasteiger partial charge in [0.1, 0.15) is 50.0 Å². The zero-order valence-electron chi connectivity index (χ0n) is 27.0. The zero-order chi connectivity index (χ0) is 33.9. The van der Waals surface area contributed by atoms with Crippen molar-refractivity contribution in [2.45, 2.75) is 16.7 Å². The van der Waals surface area contributed by atoms with E-state index in [9.17, 15) is 32.1 Å². The van der Waals surface area contributed by atoms with Gasteiger partial charge in [-0.25, -0.2) is 12.6 Å². The number of anilines is 1. The van der Waals surface area contributed by atoms with Crippen molar-refractivity contribution in [2.24, 2.45) is 20.5 Å². The molecular formula is C28H20N5Na3O11S3. The molecule has 22 heteroatoms. The Morgan fingerprint density at radius 3 is 2.20 bits per heavy atom. The number of ether oxygens (including phenoxy) is 1. The Bertz CT molecular complexity index is 2230. The van der Waals surface area contributed by atoms with Crippen LogP contribution >= 0.6 is 12.0 Å². The van der Waals surface area contributed by atoms with E-state index in [0.717, 1.165) is 0 Å². The number of methoxy groups -OCH3 is 1. The summed E-state index contributed by atoms with van der Waals surface area (Å²) in [5.74, 6) is -0.311. The maximum absolute atomic E-state index is 12.3. The van der Waals surface area contributed by atoms with Gasteiger partial charge in [0.05, 0.1) is 34.6 Å². The fourth-order valence-electron chi connectivity index (χ4n) is 4.58. The third-order valence-corrected chi connectivity index (χ3v) is 8.47. The van der Waals surface area contributed by atoms with Gasteiger partial charge in [0.25, 0.3) is 0 Å². The van der Waals surface area contributed by atoms with Gasteiger partial charge in [-0.15, -0.1) is 15.3 Å². The number of phenols is 1. The van der Waals surface area contributed by atoms with Crippen LogP contribution in [0.15, 0.2) is 97.0 Å². The Morgan fingerprint density at radius 2 is 1.54 bits per heavy atom. The van der Waals surface area contributed by atoms with Gasteiger partial charge in [-0.3, -0.25) is 5.04 Å². The van der Waals surface area contributed by atoms with E-state index in [2.05, 4.69) is 29.8 Å². The summed E-state index contributed by atoms with van der Waals surface area (Å²) in [6.07, 6.45) is 0. The van der Waals surface area contributed by atoms with Crippen molar-refractivity contribution in [1.29, 1.82) is 0 Å². The Morgan fingerprint density at radius 1 is 0.860 bits per heavy atom. The molecule has 0 amide bonds. The maximum Gasteiger partial charge on any atom is 1.00 e. The predicted octanol–water partition coefficient (Wildman–Crippen LogP) is -3.25. The van der Waals surface area contributed by atoms with Crippen molar-refractivity contribution < 1.29 is 139 Å². The first kappa shape index (κ1) is 44.4. The molecule has 0 heterocycles. The van der Waals surface area contributed by atoms with E-state index in [-0.39, 0.29) is 144 Å². The molecular weight excluding hydrogens is 748 g/mol. The SMILES string of the molecule is COc1cc(N=Nc2ccc3c(OS(=O)[O-])cccc3c2S(=O)(=O)[O-])c(C)cc1N=Nc1c(SOO[O-])cc2cc(N)ccc2c1O.[Na+].[Na+].[Na+]. The first-order valence-electron chi connectivity index (χ1n) is 12.9. The Balaban J connectivity index is 0.00000289. The zero-order valence-corrected chi connectivity index (χ0v) is 35.4. The molecule has 0 aliphatic rings. The molecule has 1 unspecified atom stereocenters. The number of fused-ring (bicyclic) bond motifs is 2. The summed E-state index contributed by atoms with van der Waals surface area (Å²) in [6, 6.07) is 15.8. The molecule has 5 rings (SSSR count). The van der Waals surface area contributed by atoms with Crippen molar-refractivity contribution in [1.82, 2.24) is 0 Å². The van der Waals surface area contributed by atoms with Crippen LogP contribution in [0.1, 0.15) is 5.56 Å². The average molecular weight is 768 g/mol. The largest absolute Gasteiger partial charge is 1.00 e. The van der Waals surface area contributed by atoms with Gasteiger partial charge >= 0.3 is 88.7 Å².